The summed E-state index contributed by atoms with van der Waals surface area (Å²) in [5.41, 5.74) is 8.82. The van der Waals surface area contributed by atoms with E-state index < -0.39 is 13.0 Å². The predicted molar refractivity (Wildman–Crippen MR) is 111 cm³/mol. The van der Waals surface area contributed by atoms with Crippen LogP contribution in [0.25, 0.3) is 6.08 Å². The fourth-order valence-electron chi connectivity index (χ4n) is 3.77. The lowest BCUT2D eigenvalue weighted by Gasteiger charge is -2.27. The molecule has 0 bridgehead atoms. The number of amides is 1. The second kappa shape index (κ2) is 7.86. The molecule has 9 nitrogen and oxygen atoms in total. The third kappa shape index (κ3) is 3.65. The van der Waals surface area contributed by atoms with E-state index in [0.29, 0.717) is 42.4 Å². The van der Waals surface area contributed by atoms with E-state index in [1.54, 1.807) is 17.8 Å². The monoisotopic (exact) mass is 407 g/mol. The lowest BCUT2D eigenvalue weighted by atomic mass is 9.76. The first-order chi connectivity index (χ1) is 14.4. The van der Waals surface area contributed by atoms with Crippen LogP contribution in [0.4, 0.5) is 11.5 Å². The van der Waals surface area contributed by atoms with Gasteiger partial charge in [0.15, 0.2) is 5.82 Å². The van der Waals surface area contributed by atoms with Gasteiger partial charge >= 0.3 is 7.12 Å². The summed E-state index contributed by atoms with van der Waals surface area (Å²) < 4.78 is 12.7. The maximum atomic E-state index is 12.0. The van der Waals surface area contributed by atoms with Crippen molar-refractivity contribution in [3.05, 3.63) is 40.5 Å². The number of anilines is 2. The van der Waals surface area contributed by atoms with Gasteiger partial charge < -0.3 is 25.5 Å². The first-order valence-corrected chi connectivity index (χ1v) is 9.68. The van der Waals surface area contributed by atoms with Gasteiger partial charge in [0.05, 0.1) is 24.6 Å². The summed E-state index contributed by atoms with van der Waals surface area (Å²) >= 11 is 0. The minimum Gasteiger partial charge on any atom is -0.532 e. The number of aromatic nitrogens is 2. The van der Waals surface area contributed by atoms with Crippen molar-refractivity contribution in [3.63, 3.8) is 0 Å². The van der Waals surface area contributed by atoms with E-state index in [0.717, 1.165) is 11.1 Å². The highest BCUT2D eigenvalue weighted by Gasteiger charge is 2.30. The summed E-state index contributed by atoms with van der Waals surface area (Å²) in [7, 11) is -0.960. The largest absolute Gasteiger partial charge is 0.555 e. The predicted octanol–water partition coefficient (Wildman–Crippen LogP) is 1.95. The van der Waals surface area contributed by atoms with Crippen LogP contribution in [0.3, 0.4) is 0 Å². The van der Waals surface area contributed by atoms with Crippen LogP contribution in [0.2, 0.25) is 0 Å². The topological polar surface area (TPSA) is 135 Å². The number of carbonyl (C=O) groups excluding carboxylic acids is 1. The fraction of sp³-hybridized carbons (Fsp3) is 0.350. The zero-order chi connectivity index (χ0) is 21.4. The number of rotatable bonds is 4. The number of nitrogens with zero attached hydrogens (tertiary/aromatic N) is 3. The molecule has 4 N–H and O–H groups in total. The van der Waals surface area contributed by atoms with Crippen LogP contribution in [0.5, 0.6) is 5.75 Å². The summed E-state index contributed by atoms with van der Waals surface area (Å²) in [6, 6.07) is 5.69. The quantitative estimate of drug-likeness (QED) is 0.659. The molecule has 0 spiro atoms. The van der Waals surface area contributed by atoms with Gasteiger partial charge in [-0.2, -0.15) is 10.4 Å². The Morgan fingerprint density at radius 1 is 1.47 bits per heavy atom. The van der Waals surface area contributed by atoms with Crippen molar-refractivity contribution in [2.75, 3.05) is 18.5 Å². The third-order valence-corrected chi connectivity index (χ3v) is 5.40. The average molecular weight is 407 g/mol. The van der Waals surface area contributed by atoms with Crippen molar-refractivity contribution in [1.29, 1.82) is 5.26 Å². The molecule has 30 heavy (non-hydrogen) atoms. The molecule has 2 aliphatic heterocycles. The molecule has 0 aliphatic carbocycles. The SMILES string of the molecule is CC1=Cc2cc(Nc3nn([C@@H]4COCC[C@H]4C#N)cc3C(N)=O)cc(C)c2OB1O. The van der Waals surface area contributed by atoms with Crippen LogP contribution >= 0.6 is 0 Å². The number of aryl methyl sites for hydroxylation is 1. The number of primary amides is 1. The molecule has 0 radical (unpaired) electrons. The number of benzene rings is 1. The minimum atomic E-state index is -0.960. The highest BCUT2D eigenvalue weighted by molar-refractivity contribution is 6.54. The van der Waals surface area contributed by atoms with Gasteiger partial charge in [-0.15, -0.1) is 0 Å². The van der Waals surface area contributed by atoms with E-state index in [2.05, 4.69) is 16.5 Å². The maximum absolute atomic E-state index is 12.0. The number of nitrogens with two attached hydrogens (primary N) is 1. The molecule has 4 rings (SSSR count). The fourth-order valence-corrected chi connectivity index (χ4v) is 3.77. The number of hydrogen-bond acceptors (Lipinski definition) is 7. The molecule has 1 saturated heterocycles. The smallest absolute Gasteiger partial charge is 0.532 e. The van der Waals surface area contributed by atoms with E-state index in [9.17, 15) is 15.1 Å². The van der Waals surface area contributed by atoms with Crippen molar-refractivity contribution in [3.8, 4) is 11.8 Å². The van der Waals surface area contributed by atoms with Gasteiger partial charge in [0.2, 0.25) is 0 Å². The molecule has 3 heterocycles. The Hall–Kier alpha value is -3.29. The van der Waals surface area contributed by atoms with E-state index in [1.807, 2.05) is 25.1 Å². The standard InChI is InChI=1S/C20H22BN5O4/c1-11-5-15(7-14-6-12(2)21(28)30-18(11)14)24-20-16(19(23)27)9-26(25-20)17-10-29-4-3-13(17)8-22/h5-7,9,13,17,28H,3-4,10H2,1-2H3,(H2,23,27)(H,24,25)/t13-,17+/m0/s1. The Kier molecular flexibility index (Phi) is 5.24. The normalized spacial score (nSPS) is 20.6. The van der Waals surface area contributed by atoms with Crippen LogP contribution in [0.1, 0.15) is 40.9 Å². The van der Waals surface area contributed by atoms with Crippen LogP contribution in [0.15, 0.2) is 23.8 Å². The molecule has 0 unspecified atom stereocenters. The number of nitriles is 1. The first-order valence-electron chi connectivity index (χ1n) is 9.68. The molecule has 0 saturated carbocycles. The second-order valence-corrected chi connectivity index (χ2v) is 7.60. The first kappa shape index (κ1) is 20.0. The summed E-state index contributed by atoms with van der Waals surface area (Å²) in [6.07, 6.45) is 4.02. The summed E-state index contributed by atoms with van der Waals surface area (Å²) in [5, 5.41) is 27.0. The van der Waals surface area contributed by atoms with Gasteiger partial charge in [-0.1, -0.05) is 6.08 Å². The highest BCUT2D eigenvalue weighted by Crippen LogP contribution is 2.35. The number of hydrogen-bond donors (Lipinski definition) is 3. The van der Waals surface area contributed by atoms with Crippen molar-refractivity contribution in [1.82, 2.24) is 9.78 Å². The van der Waals surface area contributed by atoms with E-state index in [4.69, 9.17) is 15.1 Å². The van der Waals surface area contributed by atoms with Crippen molar-refractivity contribution >= 4 is 30.6 Å². The lowest BCUT2D eigenvalue weighted by molar-refractivity contribution is 0.0342. The number of nitrogens with one attached hydrogen (secondary N) is 1. The lowest BCUT2D eigenvalue weighted by Crippen LogP contribution is -2.29. The van der Waals surface area contributed by atoms with Crippen LogP contribution in [-0.4, -0.2) is 41.0 Å². The zero-order valence-electron chi connectivity index (χ0n) is 16.8. The van der Waals surface area contributed by atoms with E-state index in [-0.39, 0.29) is 17.5 Å². The molecule has 1 fully saturated rings. The molecule has 2 aromatic rings. The third-order valence-electron chi connectivity index (χ3n) is 5.40. The summed E-state index contributed by atoms with van der Waals surface area (Å²) in [6.45, 7) is 4.53. The van der Waals surface area contributed by atoms with E-state index >= 15 is 0 Å². The molecular weight excluding hydrogens is 385 g/mol. The molecule has 2 atom stereocenters. The van der Waals surface area contributed by atoms with Crippen molar-refractivity contribution in [2.45, 2.75) is 26.3 Å². The molecule has 1 aromatic carbocycles. The Balaban J connectivity index is 1.68. The van der Waals surface area contributed by atoms with Gasteiger partial charge in [0.1, 0.15) is 11.3 Å². The van der Waals surface area contributed by atoms with Crippen LogP contribution in [0, 0.1) is 24.2 Å². The van der Waals surface area contributed by atoms with Crippen LogP contribution < -0.4 is 15.7 Å². The molecule has 2 aliphatic rings. The van der Waals surface area contributed by atoms with Gasteiger partial charge in [-0.05, 0) is 43.4 Å². The maximum Gasteiger partial charge on any atom is 0.555 e. The molecule has 154 valence electrons. The molecule has 1 aromatic heterocycles. The number of allylic oxidation sites excluding steroid dienone is 1. The Morgan fingerprint density at radius 3 is 3.00 bits per heavy atom. The van der Waals surface area contributed by atoms with E-state index in [1.165, 1.54) is 0 Å². The zero-order valence-corrected chi connectivity index (χ0v) is 16.8. The molecular formula is C20H22BN5O4. The summed E-state index contributed by atoms with van der Waals surface area (Å²) in [5.74, 6) is 0.0397. The number of carbonyl (C=O) groups is 1. The Morgan fingerprint density at radius 2 is 2.27 bits per heavy atom. The van der Waals surface area contributed by atoms with Crippen molar-refractivity contribution < 1.29 is 19.2 Å². The van der Waals surface area contributed by atoms with Crippen molar-refractivity contribution in [2.24, 2.45) is 11.7 Å². The highest BCUT2D eigenvalue weighted by atomic mass is 16.5. The van der Waals surface area contributed by atoms with Gasteiger partial charge in [0, 0.05) is 24.1 Å². The Labute approximate surface area is 174 Å². The minimum absolute atomic E-state index is 0.228. The van der Waals surface area contributed by atoms with Gasteiger partial charge in [0.25, 0.3) is 5.91 Å². The average Bonchev–Trinajstić information content (AvgIpc) is 3.13. The van der Waals surface area contributed by atoms with Gasteiger partial charge in [-0.25, -0.2) is 0 Å². The molecule has 10 heteroatoms. The number of fused-ring (bicyclic) bond motifs is 1. The Bertz CT molecular complexity index is 1070. The molecule has 1 amide bonds. The number of ether oxygens (including phenoxy) is 1. The van der Waals surface area contributed by atoms with Gasteiger partial charge in [-0.3, -0.25) is 9.48 Å². The van der Waals surface area contributed by atoms with Crippen LogP contribution in [-0.2, 0) is 4.74 Å². The second-order valence-electron chi connectivity index (χ2n) is 7.60. The summed E-state index contributed by atoms with van der Waals surface area (Å²) in [4.78, 5) is 12.0.